The Morgan fingerprint density at radius 1 is 1.42 bits per heavy atom. The second kappa shape index (κ2) is 5.95. The van der Waals surface area contributed by atoms with Crippen LogP contribution in [0.25, 0.3) is 0 Å². The third-order valence-corrected chi connectivity index (χ3v) is 3.05. The number of likely N-dealkylation sites (tertiary alicyclic amines) is 1. The van der Waals surface area contributed by atoms with E-state index in [2.05, 4.69) is 20.8 Å². The summed E-state index contributed by atoms with van der Waals surface area (Å²) in [6.07, 6.45) is 3.73. The Balaban J connectivity index is 2.03. The van der Waals surface area contributed by atoms with Crippen LogP contribution in [0.1, 0.15) is 19.3 Å². The maximum atomic E-state index is 8.92. The summed E-state index contributed by atoms with van der Waals surface area (Å²) in [6, 6.07) is 0. The van der Waals surface area contributed by atoms with Crippen LogP contribution in [-0.4, -0.2) is 41.6 Å². The molecule has 0 spiro atoms. The van der Waals surface area contributed by atoms with Gasteiger partial charge in [0.25, 0.3) is 0 Å². The van der Waals surface area contributed by atoms with E-state index in [0.717, 1.165) is 11.9 Å². The van der Waals surface area contributed by atoms with E-state index in [4.69, 9.17) is 5.11 Å². The first-order valence-electron chi connectivity index (χ1n) is 4.76. The van der Waals surface area contributed by atoms with Crippen molar-refractivity contribution in [2.24, 2.45) is 5.92 Å². The van der Waals surface area contributed by atoms with Crippen molar-refractivity contribution in [3.63, 3.8) is 0 Å². The first-order chi connectivity index (χ1) is 5.86. The van der Waals surface area contributed by atoms with Crippen LogP contribution in [0.4, 0.5) is 0 Å². The Hall–Kier alpha value is 0.400. The smallest absolute Gasteiger partial charge is 0.0471 e. The van der Waals surface area contributed by atoms with E-state index in [-0.39, 0.29) is 0 Å². The topological polar surface area (TPSA) is 23.5 Å². The van der Waals surface area contributed by atoms with Gasteiger partial charge >= 0.3 is 0 Å². The van der Waals surface area contributed by atoms with Gasteiger partial charge < -0.3 is 10.0 Å². The molecule has 0 aromatic carbocycles. The van der Waals surface area contributed by atoms with Crippen LogP contribution in [-0.2, 0) is 0 Å². The minimum atomic E-state index is 0.370. The molecule has 1 rings (SSSR count). The van der Waals surface area contributed by atoms with E-state index in [1.54, 1.807) is 0 Å². The Bertz CT molecular complexity index is 121. The average Bonchev–Trinajstić information content (AvgIpc) is 2.53. The van der Waals surface area contributed by atoms with E-state index in [1.807, 2.05) is 0 Å². The molecule has 1 fully saturated rings. The summed E-state index contributed by atoms with van der Waals surface area (Å²) in [6.45, 7) is 3.88. The summed E-state index contributed by atoms with van der Waals surface area (Å²) >= 11 is 3.43. The molecule has 3 heteroatoms. The highest BCUT2D eigenvalue weighted by Gasteiger charge is 2.20. The van der Waals surface area contributed by atoms with Crippen molar-refractivity contribution in [3.05, 3.63) is 0 Å². The van der Waals surface area contributed by atoms with E-state index in [0.29, 0.717) is 12.5 Å². The number of aliphatic hydroxyl groups excluding tert-OH is 1. The Morgan fingerprint density at radius 3 is 2.83 bits per heavy atom. The van der Waals surface area contributed by atoms with Crippen LogP contribution < -0.4 is 0 Å². The zero-order valence-corrected chi connectivity index (χ0v) is 9.09. The van der Waals surface area contributed by atoms with Gasteiger partial charge in [0, 0.05) is 18.5 Å². The number of hydrogen-bond acceptors (Lipinski definition) is 2. The standard InChI is InChI=1S/C9H18BrNO/c10-4-1-2-5-11-6-3-9(7-11)8-12/h9,12H,1-8H2. The molecular formula is C9H18BrNO. The number of halogens is 1. The van der Waals surface area contributed by atoms with Gasteiger partial charge in [-0.3, -0.25) is 0 Å². The molecule has 0 aliphatic carbocycles. The van der Waals surface area contributed by atoms with Gasteiger partial charge in [-0.2, -0.15) is 0 Å². The highest BCUT2D eigenvalue weighted by atomic mass is 79.9. The molecule has 1 saturated heterocycles. The minimum absolute atomic E-state index is 0.370. The van der Waals surface area contributed by atoms with E-state index < -0.39 is 0 Å². The predicted molar refractivity (Wildman–Crippen MR) is 54.7 cm³/mol. The van der Waals surface area contributed by atoms with E-state index in [9.17, 15) is 0 Å². The number of rotatable bonds is 5. The lowest BCUT2D eigenvalue weighted by Gasteiger charge is -2.14. The predicted octanol–water partition coefficient (Wildman–Crippen LogP) is 1.48. The van der Waals surface area contributed by atoms with Crippen LogP contribution in [0.2, 0.25) is 0 Å². The monoisotopic (exact) mass is 235 g/mol. The van der Waals surface area contributed by atoms with Crippen LogP contribution in [0, 0.1) is 5.92 Å². The highest BCUT2D eigenvalue weighted by molar-refractivity contribution is 9.09. The second-order valence-electron chi connectivity index (χ2n) is 3.53. The van der Waals surface area contributed by atoms with Gasteiger partial charge in [0.2, 0.25) is 0 Å². The zero-order valence-electron chi connectivity index (χ0n) is 7.51. The summed E-state index contributed by atoms with van der Waals surface area (Å²) in [5.41, 5.74) is 0. The van der Waals surface area contributed by atoms with Gasteiger partial charge in [-0.15, -0.1) is 0 Å². The van der Waals surface area contributed by atoms with Crippen molar-refractivity contribution in [3.8, 4) is 0 Å². The second-order valence-corrected chi connectivity index (χ2v) is 4.33. The molecular weight excluding hydrogens is 218 g/mol. The van der Waals surface area contributed by atoms with Crippen molar-refractivity contribution >= 4 is 15.9 Å². The number of hydrogen-bond donors (Lipinski definition) is 1. The van der Waals surface area contributed by atoms with Gasteiger partial charge in [0.1, 0.15) is 0 Å². The molecule has 0 amide bonds. The lowest BCUT2D eigenvalue weighted by Crippen LogP contribution is -2.22. The number of aliphatic hydroxyl groups is 1. The molecule has 12 heavy (non-hydrogen) atoms. The van der Waals surface area contributed by atoms with E-state index >= 15 is 0 Å². The fourth-order valence-corrected chi connectivity index (χ4v) is 2.09. The SMILES string of the molecule is OCC1CCN(CCCCBr)C1. The van der Waals surface area contributed by atoms with Gasteiger partial charge in [0.15, 0.2) is 0 Å². The normalized spacial score (nSPS) is 25.0. The molecule has 0 aromatic rings. The molecule has 0 saturated carbocycles. The van der Waals surface area contributed by atoms with Crippen LogP contribution in [0.5, 0.6) is 0 Å². The van der Waals surface area contributed by atoms with Crippen molar-refractivity contribution < 1.29 is 5.11 Å². The number of alkyl halides is 1. The Labute approximate surface area is 83.1 Å². The maximum absolute atomic E-state index is 8.92. The number of nitrogens with zero attached hydrogens (tertiary/aromatic N) is 1. The molecule has 1 heterocycles. The Morgan fingerprint density at radius 2 is 2.25 bits per heavy atom. The van der Waals surface area contributed by atoms with Crippen LogP contribution in [0.15, 0.2) is 0 Å². The average molecular weight is 236 g/mol. The summed E-state index contributed by atoms with van der Waals surface area (Å²) in [7, 11) is 0. The first kappa shape index (κ1) is 10.5. The van der Waals surface area contributed by atoms with Gasteiger partial charge in [0.05, 0.1) is 0 Å². The molecule has 72 valence electrons. The molecule has 1 unspecified atom stereocenters. The zero-order chi connectivity index (χ0) is 8.81. The molecule has 1 aliphatic rings. The third-order valence-electron chi connectivity index (χ3n) is 2.49. The van der Waals surface area contributed by atoms with Crippen molar-refractivity contribution in [1.29, 1.82) is 0 Å². The fraction of sp³-hybridized carbons (Fsp3) is 1.00. The summed E-state index contributed by atoms with van der Waals surface area (Å²) in [4.78, 5) is 2.46. The van der Waals surface area contributed by atoms with Crippen molar-refractivity contribution in [2.75, 3.05) is 31.6 Å². The quantitative estimate of drug-likeness (QED) is 0.577. The van der Waals surface area contributed by atoms with E-state index in [1.165, 1.54) is 32.4 Å². The van der Waals surface area contributed by atoms with Crippen LogP contribution >= 0.6 is 15.9 Å². The lowest BCUT2D eigenvalue weighted by molar-refractivity contribution is 0.221. The first-order valence-corrected chi connectivity index (χ1v) is 5.88. The van der Waals surface area contributed by atoms with Gasteiger partial charge in [-0.25, -0.2) is 0 Å². The van der Waals surface area contributed by atoms with Gasteiger partial charge in [-0.1, -0.05) is 15.9 Å². The molecule has 1 aliphatic heterocycles. The molecule has 1 atom stereocenters. The highest BCUT2D eigenvalue weighted by Crippen LogP contribution is 2.15. The number of unbranched alkanes of at least 4 members (excludes halogenated alkanes) is 1. The molecule has 0 aromatic heterocycles. The van der Waals surface area contributed by atoms with Crippen LogP contribution in [0.3, 0.4) is 0 Å². The van der Waals surface area contributed by atoms with Crippen molar-refractivity contribution in [1.82, 2.24) is 4.90 Å². The fourth-order valence-electron chi connectivity index (χ4n) is 1.69. The molecule has 2 nitrogen and oxygen atoms in total. The summed E-state index contributed by atoms with van der Waals surface area (Å²) in [5, 5.41) is 10.0. The van der Waals surface area contributed by atoms with Gasteiger partial charge in [-0.05, 0) is 38.3 Å². The third kappa shape index (κ3) is 3.42. The summed E-state index contributed by atoms with van der Waals surface area (Å²) in [5.74, 6) is 0.550. The minimum Gasteiger partial charge on any atom is -0.396 e. The van der Waals surface area contributed by atoms with Crippen molar-refractivity contribution in [2.45, 2.75) is 19.3 Å². The maximum Gasteiger partial charge on any atom is 0.0471 e. The molecule has 0 bridgehead atoms. The summed E-state index contributed by atoms with van der Waals surface area (Å²) < 4.78 is 0. The largest absolute Gasteiger partial charge is 0.396 e. The molecule has 0 radical (unpaired) electrons. The Kier molecular flexibility index (Phi) is 5.19. The lowest BCUT2D eigenvalue weighted by atomic mass is 10.1. The molecule has 1 N–H and O–H groups in total.